The number of hydrogen-bond acceptors (Lipinski definition) is 3. The van der Waals surface area contributed by atoms with Crippen LogP contribution in [0.5, 0.6) is 0 Å². The Morgan fingerprint density at radius 1 is 1.16 bits per heavy atom. The van der Waals surface area contributed by atoms with Crippen molar-refractivity contribution in [1.82, 2.24) is 0 Å². The fraction of sp³-hybridized carbons (Fsp3) is 0.600. The van der Waals surface area contributed by atoms with E-state index >= 15 is 0 Å². The molecule has 1 aromatic rings. The predicted molar refractivity (Wildman–Crippen MR) is 96.5 cm³/mol. The van der Waals surface area contributed by atoms with Crippen molar-refractivity contribution in [2.75, 3.05) is 18.6 Å². The topological polar surface area (TPSA) is 46.6 Å². The van der Waals surface area contributed by atoms with Crippen LogP contribution in [0, 0.1) is 17.3 Å². The number of hydrogen-bond donors (Lipinski definition) is 0. The number of carbonyl (C=O) groups is 2. The fourth-order valence-corrected chi connectivity index (χ4v) is 6.25. The van der Waals surface area contributed by atoms with Gasteiger partial charge in [0.1, 0.15) is 0 Å². The number of para-hydroxylation sites is 1. The number of halogens is 1. The molecule has 4 saturated carbocycles. The van der Waals surface area contributed by atoms with Gasteiger partial charge in [-0.1, -0.05) is 18.2 Å². The van der Waals surface area contributed by atoms with Crippen molar-refractivity contribution in [2.24, 2.45) is 17.3 Å². The van der Waals surface area contributed by atoms with Crippen LogP contribution in [-0.2, 0) is 14.3 Å². The van der Waals surface area contributed by atoms with E-state index in [1.807, 2.05) is 30.3 Å². The number of nitrogens with zero attached hydrogens (tertiary/aromatic N) is 1. The van der Waals surface area contributed by atoms with Crippen LogP contribution in [0.4, 0.5) is 5.69 Å². The summed E-state index contributed by atoms with van der Waals surface area (Å²) in [6.07, 6.45) is 5.69. The zero-order valence-corrected chi connectivity index (χ0v) is 15.3. The maximum absolute atomic E-state index is 12.9. The summed E-state index contributed by atoms with van der Waals surface area (Å²) < 4.78 is 5.49. The summed E-state index contributed by atoms with van der Waals surface area (Å²) in [4.78, 5) is 26.5. The summed E-state index contributed by atoms with van der Waals surface area (Å²) in [6.45, 7) is -0.212. The molecule has 5 heteroatoms. The highest BCUT2D eigenvalue weighted by atomic mass is 35.5. The van der Waals surface area contributed by atoms with Crippen molar-refractivity contribution in [2.45, 2.75) is 43.4 Å². The van der Waals surface area contributed by atoms with E-state index in [-0.39, 0.29) is 23.4 Å². The highest BCUT2D eigenvalue weighted by Crippen LogP contribution is 2.64. The van der Waals surface area contributed by atoms with Gasteiger partial charge in [0.25, 0.3) is 5.91 Å². The Morgan fingerprint density at radius 3 is 2.40 bits per heavy atom. The maximum atomic E-state index is 12.9. The van der Waals surface area contributed by atoms with Gasteiger partial charge in [0.2, 0.25) is 0 Å². The lowest BCUT2D eigenvalue weighted by Crippen LogP contribution is -2.56. The van der Waals surface area contributed by atoms with Crippen LogP contribution in [0.3, 0.4) is 0 Å². The van der Waals surface area contributed by atoms with Gasteiger partial charge in [-0.3, -0.25) is 9.59 Å². The predicted octanol–water partition coefficient (Wildman–Crippen LogP) is 3.77. The molecule has 4 aliphatic carbocycles. The van der Waals surface area contributed by atoms with Gasteiger partial charge in [0.05, 0.1) is 5.41 Å². The van der Waals surface area contributed by atoms with Crippen molar-refractivity contribution in [3.63, 3.8) is 0 Å². The Balaban J connectivity index is 1.40. The van der Waals surface area contributed by atoms with Gasteiger partial charge >= 0.3 is 5.97 Å². The van der Waals surface area contributed by atoms with Crippen molar-refractivity contribution in [1.29, 1.82) is 0 Å². The highest BCUT2D eigenvalue weighted by molar-refractivity contribution is 6.24. The quantitative estimate of drug-likeness (QED) is 0.605. The molecule has 2 unspecified atom stereocenters. The molecule has 0 aromatic heterocycles. The van der Waals surface area contributed by atoms with Gasteiger partial charge in [-0.15, -0.1) is 11.6 Å². The fourth-order valence-electron chi connectivity index (χ4n) is 5.56. The molecule has 134 valence electrons. The molecule has 1 amide bonds. The summed E-state index contributed by atoms with van der Waals surface area (Å²) >= 11 is 6.77. The molecular formula is C20H24ClNO3. The van der Waals surface area contributed by atoms with Gasteiger partial charge in [-0.05, 0) is 62.5 Å². The van der Waals surface area contributed by atoms with Crippen LogP contribution in [-0.4, -0.2) is 30.4 Å². The molecule has 4 fully saturated rings. The maximum Gasteiger partial charge on any atom is 0.312 e. The largest absolute Gasteiger partial charge is 0.455 e. The smallest absolute Gasteiger partial charge is 0.312 e. The third-order valence-electron chi connectivity index (χ3n) is 6.27. The van der Waals surface area contributed by atoms with Crippen molar-refractivity contribution >= 4 is 29.2 Å². The minimum atomic E-state index is -0.461. The second kappa shape index (κ2) is 6.01. The molecule has 0 spiro atoms. The molecule has 0 aliphatic heterocycles. The molecule has 4 nitrogen and oxygen atoms in total. The Morgan fingerprint density at radius 2 is 1.80 bits per heavy atom. The zero-order valence-electron chi connectivity index (χ0n) is 14.5. The first-order chi connectivity index (χ1) is 11.9. The summed E-state index contributed by atoms with van der Waals surface area (Å²) in [5.74, 6) is 0.634. The van der Waals surface area contributed by atoms with E-state index in [2.05, 4.69) is 0 Å². The second-order valence-electron chi connectivity index (χ2n) is 8.26. The van der Waals surface area contributed by atoms with Crippen LogP contribution in [0.2, 0.25) is 0 Å². The summed E-state index contributed by atoms with van der Waals surface area (Å²) in [7, 11) is 1.70. The van der Waals surface area contributed by atoms with Crippen LogP contribution in [0.15, 0.2) is 30.3 Å². The molecular weight excluding hydrogens is 338 g/mol. The minimum absolute atomic E-state index is 0.212. The normalized spacial score (nSPS) is 35.4. The van der Waals surface area contributed by atoms with E-state index in [1.54, 1.807) is 7.05 Å². The Bertz CT molecular complexity index is 675. The molecule has 0 N–H and O–H groups in total. The lowest BCUT2D eigenvalue weighted by molar-refractivity contribution is -0.171. The van der Waals surface area contributed by atoms with E-state index in [4.69, 9.17) is 16.3 Å². The Hall–Kier alpha value is -1.55. The van der Waals surface area contributed by atoms with Crippen LogP contribution in [0.25, 0.3) is 0 Å². The van der Waals surface area contributed by atoms with Gasteiger partial charge in [-0.25, -0.2) is 0 Å². The molecule has 0 heterocycles. The van der Waals surface area contributed by atoms with E-state index in [9.17, 15) is 9.59 Å². The lowest BCUT2D eigenvalue weighted by Gasteiger charge is -2.58. The molecule has 25 heavy (non-hydrogen) atoms. The summed E-state index contributed by atoms with van der Waals surface area (Å²) in [5.41, 5.74) is 0.329. The number of likely N-dealkylation sites (N-methyl/N-ethyl adjacent to an activating group) is 1. The first kappa shape index (κ1) is 16.9. The number of rotatable bonds is 4. The second-order valence-corrected chi connectivity index (χ2v) is 9.06. The number of benzene rings is 1. The molecule has 4 bridgehead atoms. The van der Waals surface area contributed by atoms with Crippen LogP contribution < -0.4 is 4.90 Å². The first-order valence-electron chi connectivity index (χ1n) is 9.07. The number of esters is 1. The standard InChI is InChI=1S/C20H24ClNO3/c1-22(16-5-3-2-4-6-16)17(23)12-25-18(24)19-8-14-7-15(9-19)11-20(21,10-14)13-19/h2-6,14-15H,7-13H2,1H3/t14-,15+,19?,20?. The van der Waals surface area contributed by atoms with Gasteiger partial charge in [-0.2, -0.15) is 0 Å². The van der Waals surface area contributed by atoms with E-state index in [0.29, 0.717) is 18.3 Å². The molecule has 4 aliphatic rings. The number of alkyl halides is 1. The van der Waals surface area contributed by atoms with Crippen molar-refractivity contribution in [3.05, 3.63) is 30.3 Å². The minimum Gasteiger partial charge on any atom is -0.455 e. The highest BCUT2D eigenvalue weighted by Gasteiger charge is 2.60. The van der Waals surface area contributed by atoms with Gasteiger partial charge in [0, 0.05) is 17.6 Å². The molecule has 4 atom stereocenters. The number of anilines is 1. The lowest BCUT2D eigenvalue weighted by atomic mass is 9.49. The Labute approximate surface area is 153 Å². The Kier molecular flexibility index (Phi) is 4.06. The number of ether oxygens (including phenoxy) is 1. The first-order valence-corrected chi connectivity index (χ1v) is 9.45. The molecule has 0 saturated heterocycles. The average molecular weight is 362 g/mol. The third kappa shape index (κ3) is 3.05. The van der Waals surface area contributed by atoms with Crippen LogP contribution in [0.1, 0.15) is 38.5 Å². The summed E-state index contributed by atoms with van der Waals surface area (Å²) in [5, 5.41) is 0. The third-order valence-corrected chi connectivity index (χ3v) is 6.71. The van der Waals surface area contributed by atoms with E-state index in [0.717, 1.165) is 31.4 Å². The van der Waals surface area contributed by atoms with Crippen molar-refractivity contribution < 1.29 is 14.3 Å². The molecule has 5 rings (SSSR count). The molecule has 1 aromatic carbocycles. The van der Waals surface area contributed by atoms with Crippen molar-refractivity contribution in [3.8, 4) is 0 Å². The number of carbonyl (C=O) groups excluding carboxylic acids is 2. The monoisotopic (exact) mass is 361 g/mol. The average Bonchev–Trinajstić information content (AvgIpc) is 2.57. The van der Waals surface area contributed by atoms with Gasteiger partial charge < -0.3 is 9.64 Å². The van der Waals surface area contributed by atoms with Crippen LogP contribution >= 0.6 is 11.6 Å². The number of amides is 1. The summed E-state index contributed by atoms with van der Waals surface area (Å²) in [6, 6.07) is 9.37. The molecule has 0 radical (unpaired) electrons. The van der Waals surface area contributed by atoms with Gasteiger partial charge in [0.15, 0.2) is 6.61 Å². The SMILES string of the molecule is CN(C(=O)COC(=O)C12C[C@@H]3C[C@@H](CC(Cl)(C3)C1)C2)c1ccccc1. The zero-order chi connectivity index (χ0) is 17.7. The van der Waals surface area contributed by atoms with E-state index < -0.39 is 5.41 Å². The van der Waals surface area contributed by atoms with E-state index in [1.165, 1.54) is 11.3 Å².